The minimum Gasteiger partial charge on any atom is -0.402 e. The van der Waals surface area contributed by atoms with Crippen molar-refractivity contribution in [3.05, 3.63) is 90.1 Å². The Morgan fingerprint density at radius 3 is 2.62 bits per heavy atom. The van der Waals surface area contributed by atoms with E-state index in [1.807, 2.05) is 6.07 Å². The number of hydrogen-bond acceptors (Lipinski definition) is 5. The van der Waals surface area contributed by atoms with Crippen LogP contribution in [0.3, 0.4) is 0 Å². The van der Waals surface area contributed by atoms with Gasteiger partial charge in [-0.1, -0.05) is 23.8 Å². The van der Waals surface area contributed by atoms with Gasteiger partial charge in [-0.2, -0.15) is 0 Å². The Morgan fingerprint density at radius 2 is 1.92 bits per heavy atom. The molecule has 2 aromatic carbocycles. The number of allylic oxidation sites excluding steroid dienone is 2. The molecule has 0 saturated carbocycles. The number of non-ortho nitro benzene ring substituents is 1. The van der Waals surface area contributed by atoms with Crippen LogP contribution in [0, 0.1) is 13.7 Å². The highest BCUT2D eigenvalue weighted by Gasteiger charge is 2.25. The first-order valence-corrected chi connectivity index (χ1v) is 8.79. The van der Waals surface area contributed by atoms with Gasteiger partial charge >= 0.3 is 5.97 Å². The van der Waals surface area contributed by atoms with Crippen LogP contribution in [-0.4, -0.2) is 16.8 Å². The molecule has 0 fully saturated rings. The Hall–Kier alpha value is -2.52. The number of halogens is 2. The van der Waals surface area contributed by atoms with Crippen molar-refractivity contribution in [3.63, 3.8) is 0 Å². The number of benzene rings is 2. The number of aliphatic imine (C=N–C) groups is 1. The van der Waals surface area contributed by atoms with Crippen LogP contribution in [0.5, 0.6) is 0 Å². The van der Waals surface area contributed by atoms with Gasteiger partial charge in [0.15, 0.2) is 5.70 Å². The van der Waals surface area contributed by atoms with E-state index < -0.39 is 10.9 Å². The van der Waals surface area contributed by atoms with Crippen LogP contribution < -0.4 is 0 Å². The molecule has 0 radical (unpaired) electrons. The fraction of sp³-hybridized carbons (Fsp3) is 0. The van der Waals surface area contributed by atoms with Crippen molar-refractivity contribution >= 4 is 57.8 Å². The van der Waals surface area contributed by atoms with Crippen molar-refractivity contribution in [2.24, 2.45) is 4.99 Å². The molecule has 0 unspecified atom stereocenters. The van der Waals surface area contributed by atoms with Gasteiger partial charge in [0.05, 0.1) is 15.5 Å². The molecular formula is C18H10ClIN2O4. The number of esters is 1. The number of nitro groups is 1. The molecule has 0 aliphatic carbocycles. The lowest BCUT2D eigenvalue weighted by atomic mass is 10.2. The third kappa shape index (κ3) is 4.17. The van der Waals surface area contributed by atoms with E-state index in [0.29, 0.717) is 10.6 Å². The summed E-state index contributed by atoms with van der Waals surface area (Å²) in [6.45, 7) is 0. The van der Waals surface area contributed by atoms with Crippen molar-refractivity contribution in [1.29, 1.82) is 0 Å². The zero-order chi connectivity index (χ0) is 18.7. The SMILES string of the molecule is O=C1OC(c2cc(I)ccc2Cl)=N/C1=C/C=C/c1ccc([N+](=O)[O-])cc1. The number of hydrogen-bond donors (Lipinski definition) is 0. The monoisotopic (exact) mass is 480 g/mol. The zero-order valence-corrected chi connectivity index (χ0v) is 16.0. The summed E-state index contributed by atoms with van der Waals surface area (Å²) in [5.41, 5.74) is 1.47. The summed E-state index contributed by atoms with van der Waals surface area (Å²) in [5.74, 6) is -0.406. The van der Waals surface area contributed by atoms with Gasteiger partial charge in [0, 0.05) is 15.7 Å². The number of carbonyl (C=O) groups excluding carboxylic acids is 1. The summed E-state index contributed by atoms with van der Waals surface area (Å²) in [6, 6.07) is 11.4. The average molecular weight is 481 g/mol. The first kappa shape index (κ1) is 18.3. The Labute approximate surface area is 167 Å². The van der Waals surface area contributed by atoms with Crippen LogP contribution in [0.2, 0.25) is 5.02 Å². The highest BCUT2D eigenvalue weighted by molar-refractivity contribution is 14.1. The van der Waals surface area contributed by atoms with Crippen LogP contribution in [0.25, 0.3) is 6.08 Å². The third-order valence-electron chi connectivity index (χ3n) is 3.43. The number of cyclic esters (lactones) is 1. The topological polar surface area (TPSA) is 81.8 Å². The van der Waals surface area contributed by atoms with E-state index in [9.17, 15) is 14.9 Å². The molecule has 0 saturated heterocycles. The van der Waals surface area contributed by atoms with Crippen LogP contribution in [0.1, 0.15) is 11.1 Å². The van der Waals surface area contributed by atoms with Crippen molar-refractivity contribution in [2.45, 2.75) is 0 Å². The van der Waals surface area contributed by atoms with Crippen LogP contribution >= 0.6 is 34.2 Å². The highest BCUT2D eigenvalue weighted by Crippen LogP contribution is 2.24. The molecule has 130 valence electrons. The Kier molecular flexibility index (Phi) is 5.48. The van der Waals surface area contributed by atoms with E-state index in [-0.39, 0.29) is 17.3 Å². The maximum atomic E-state index is 12.0. The Morgan fingerprint density at radius 1 is 1.19 bits per heavy atom. The van der Waals surface area contributed by atoms with Crippen LogP contribution in [0.4, 0.5) is 5.69 Å². The van der Waals surface area contributed by atoms with Gasteiger partial charge in [-0.05, 0) is 64.6 Å². The van der Waals surface area contributed by atoms with E-state index >= 15 is 0 Å². The zero-order valence-electron chi connectivity index (χ0n) is 13.1. The first-order valence-electron chi connectivity index (χ1n) is 7.33. The molecule has 1 aliphatic rings. The molecule has 0 amide bonds. The highest BCUT2D eigenvalue weighted by atomic mass is 127. The second kappa shape index (κ2) is 7.79. The molecule has 0 bridgehead atoms. The number of ether oxygens (including phenoxy) is 1. The third-order valence-corrected chi connectivity index (χ3v) is 4.43. The number of nitro benzene ring substituents is 1. The predicted octanol–water partition coefficient (Wildman–Crippen LogP) is 4.75. The normalized spacial score (nSPS) is 15.4. The van der Waals surface area contributed by atoms with Gasteiger partial charge in [-0.15, -0.1) is 0 Å². The lowest BCUT2D eigenvalue weighted by Crippen LogP contribution is -2.06. The molecule has 2 aromatic rings. The number of rotatable bonds is 4. The fourth-order valence-corrected chi connectivity index (χ4v) is 2.85. The van der Waals surface area contributed by atoms with Gasteiger partial charge in [0.25, 0.3) is 5.69 Å². The molecule has 26 heavy (non-hydrogen) atoms. The van der Waals surface area contributed by atoms with E-state index in [4.69, 9.17) is 16.3 Å². The van der Waals surface area contributed by atoms with Gasteiger partial charge in [-0.25, -0.2) is 9.79 Å². The minimum absolute atomic E-state index is 0.0171. The molecule has 8 heteroatoms. The van der Waals surface area contributed by atoms with Gasteiger partial charge in [0.2, 0.25) is 5.90 Å². The smallest absolute Gasteiger partial charge is 0.363 e. The second-order valence-electron chi connectivity index (χ2n) is 5.19. The van der Waals surface area contributed by atoms with Crippen molar-refractivity contribution in [1.82, 2.24) is 0 Å². The molecular weight excluding hydrogens is 471 g/mol. The molecule has 6 nitrogen and oxygen atoms in total. The van der Waals surface area contributed by atoms with Gasteiger partial charge < -0.3 is 4.74 Å². The molecule has 3 rings (SSSR count). The minimum atomic E-state index is -0.566. The van der Waals surface area contributed by atoms with E-state index in [1.165, 1.54) is 18.2 Å². The van der Waals surface area contributed by atoms with Gasteiger partial charge in [0.1, 0.15) is 0 Å². The Bertz CT molecular complexity index is 981. The Balaban J connectivity index is 1.80. The summed E-state index contributed by atoms with van der Waals surface area (Å²) in [6.07, 6.45) is 4.84. The molecule has 0 atom stereocenters. The molecule has 0 N–H and O–H groups in total. The maximum Gasteiger partial charge on any atom is 0.363 e. The van der Waals surface area contributed by atoms with Crippen molar-refractivity contribution < 1.29 is 14.5 Å². The lowest BCUT2D eigenvalue weighted by molar-refractivity contribution is -0.384. The van der Waals surface area contributed by atoms with E-state index in [0.717, 1.165) is 9.13 Å². The molecule has 1 heterocycles. The summed E-state index contributed by atoms with van der Waals surface area (Å²) in [4.78, 5) is 26.3. The average Bonchev–Trinajstić information content (AvgIpc) is 2.98. The summed E-state index contributed by atoms with van der Waals surface area (Å²) in [5, 5.41) is 11.1. The summed E-state index contributed by atoms with van der Waals surface area (Å²) in [7, 11) is 0. The molecule has 0 aromatic heterocycles. The number of carbonyl (C=O) groups is 1. The van der Waals surface area contributed by atoms with Crippen LogP contribution in [0.15, 0.2) is 65.3 Å². The summed E-state index contributed by atoms with van der Waals surface area (Å²) < 4.78 is 6.13. The van der Waals surface area contributed by atoms with Crippen molar-refractivity contribution in [3.8, 4) is 0 Å². The first-order chi connectivity index (χ1) is 12.4. The molecule has 1 aliphatic heterocycles. The van der Waals surface area contributed by atoms with E-state index in [1.54, 1.807) is 36.4 Å². The number of nitrogens with zero attached hydrogens (tertiary/aromatic N) is 2. The lowest BCUT2D eigenvalue weighted by Gasteiger charge is -2.02. The van der Waals surface area contributed by atoms with E-state index in [2.05, 4.69) is 27.6 Å². The van der Waals surface area contributed by atoms with Crippen molar-refractivity contribution in [2.75, 3.05) is 0 Å². The summed E-state index contributed by atoms with van der Waals surface area (Å²) >= 11 is 8.27. The van der Waals surface area contributed by atoms with Crippen LogP contribution in [-0.2, 0) is 9.53 Å². The fourth-order valence-electron chi connectivity index (χ4n) is 2.16. The standard InChI is InChI=1S/C18H10ClIN2O4/c19-15-9-6-12(20)10-14(15)17-21-16(18(23)26-17)3-1-2-11-4-7-13(8-5-11)22(24)25/h1-10H/b2-1+,16-3+. The second-order valence-corrected chi connectivity index (χ2v) is 6.84. The molecule has 0 spiro atoms. The predicted molar refractivity (Wildman–Crippen MR) is 107 cm³/mol. The van der Waals surface area contributed by atoms with Gasteiger partial charge in [-0.3, -0.25) is 10.1 Å². The largest absolute Gasteiger partial charge is 0.402 e. The maximum absolute atomic E-state index is 12.0. The quantitative estimate of drug-likeness (QED) is 0.208.